The van der Waals surface area contributed by atoms with Crippen LogP contribution in [0.15, 0.2) is 35.5 Å². The molecule has 0 radical (unpaired) electrons. The Morgan fingerprint density at radius 3 is 2.02 bits per heavy atom. The van der Waals surface area contributed by atoms with Crippen LogP contribution in [0.3, 0.4) is 0 Å². The lowest BCUT2D eigenvalue weighted by atomic mass is 9.36. The van der Waals surface area contributed by atoms with E-state index in [-0.39, 0.29) is 40.3 Å². The summed E-state index contributed by atoms with van der Waals surface area (Å²) in [5.41, 5.74) is 1.68. The van der Waals surface area contributed by atoms with Crippen molar-refractivity contribution >= 4 is 0 Å². The van der Waals surface area contributed by atoms with Crippen LogP contribution in [0.1, 0.15) is 121 Å². The van der Waals surface area contributed by atoms with Crippen molar-refractivity contribution in [2.24, 2.45) is 51.2 Å². The first-order valence-electron chi connectivity index (χ1n) is 18.4. The highest BCUT2D eigenvalue weighted by Crippen LogP contribution is 2.82. The molecule has 5 nitrogen and oxygen atoms in total. The van der Waals surface area contributed by atoms with E-state index in [2.05, 4.69) is 93.5 Å². The molecule has 4 unspecified atom stereocenters. The van der Waals surface area contributed by atoms with Crippen molar-refractivity contribution in [3.05, 3.63) is 35.5 Å². The third-order valence-electron chi connectivity index (χ3n) is 15.1. The fourth-order valence-electron chi connectivity index (χ4n) is 12.6. The Kier molecular flexibility index (Phi) is 9.80. The maximum absolute atomic E-state index is 11.5. The molecule has 5 heteroatoms. The molecule has 4 aliphatic carbocycles. The van der Waals surface area contributed by atoms with Crippen LogP contribution in [0.5, 0.6) is 0 Å². The number of aliphatic hydroxyl groups excluding tert-OH is 1. The van der Waals surface area contributed by atoms with Gasteiger partial charge in [0.25, 0.3) is 0 Å². The van der Waals surface area contributed by atoms with Crippen LogP contribution in [-0.4, -0.2) is 56.1 Å². The average Bonchev–Trinajstić information content (AvgIpc) is 3.35. The van der Waals surface area contributed by atoms with E-state index in [1.54, 1.807) is 0 Å². The summed E-state index contributed by atoms with van der Waals surface area (Å²) in [6.45, 7) is 23.2. The van der Waals surface area contributed by atoms with Crippen LogP contribution in [0, 0.1) is 51.2 Å². The number of allylic oxidation sites excluding steroid dienone is 3. The van der Waals surface area contributed by atoms with Crippen LogP contribution < -0.4 is 0 Å². The standard InChI is InChI=1S/C41H68O5/c1-26(2)22-30(43-11)24-28(5)32-16-18-38(10)33-17-19-40-34(14-15-35(42)36(40,7)8)39(33,21-20-37(32,38)9)41(45-13,46-40)29(6)25-31(44-12)23-27(3)4/h17,19,22-23,28-35,42H,14-16,18,20-21,24-25H2,1-13H3/t28-,29-,30-,31-,32?,33?,34?,35-,37-,38+,39?,40-,41-/m0/s1. The number of hydrogen-bond acceptors (Lipinski definition) is 5. The zero-order chi connectivity index (χ0) is 34.1. The summed E-state index contributed by atoms with van der Waals surface area (Å²) in [4.78, 5) is 0. The van der Waals surface area contributed by atoms with Crippen LogP contribution >= 0.6 is 0 Å². The third kappa shape index (κ3) is 4.86. The molecule has 2 bridgehead atoms. The maximum atomic E-state index is 11.5. The van der Waals surface area contributed by atoms with Crippen LogP contribution in [0.25, 0.3) is 0 Å². The summed E-state index contributed by atoms with van der Waals surface area (Å²) < 4.78 is 26.7. The smallest absolute Gasteiger partial charge is 0.178 e. The van der Waals surface area contributed by atoms with Gasteiger partial charge < -0.3 is 24.1 Å². The van der Waals surface area contributed by atoms with E-state index in [4.69, 9.17) is 18.9 Å². The third-order valence-corrected chi connectivity index (χ3v) is 15.1. The molecule has 5 aliphatic rings. The molecule has 0 aromatic heterocycles. The van der Waals surface area contributed by atoms with Crippen molar-refractivity contribution in [3.8, 4) is 0 Å². The van der Waals surface area contributed by atoms with Crippen LogP contribution in [0.4, 0.5) is 0 Å². The average molecular weight is 641 g/mol. The van der Waals surface area contributed by atoms with Crippen molar-refractivity contribution < 1.29 is 24.1 Å². The van der Waals surface area contributed by atoms with Gasteiger partial charge in [0.15, 0.2) is 5.79 Å². The van der Waals surface area contributed by atoms with Crippen molar-refractivity contribution in [1.82, 2.24) is 0 Å². The molecule has 3 saturated carbocycles. The fraction of sp³-hybridized carbons (Fsp3) is 0.854. The Hall–Kier alpha value is -0.980. The minimum atomic E-state index is -0.794. The van der Waals surface area contributed by atoms with Gasteiger partial charge in [0.1, 0.15) is 5.60 Å². The van der Waals surface area contributed by atoms with Crippen molar-refractivity contribution in [2.45, 2.75) is 150 Å². The van der Waals surface area contributed by atoms with Gasteiger partial charge in [-0.3, -0.25) is 0 Å². The second kappa shape index (κ2) is 12.4. The van der Waals surface area contributed by atoms with E-state index in [9.17, 15) is 5.11 Å². The molecule has 1 N–H and O–H groups in total. The number of ether oxygens (including phenoxy) is 4. The molecule has 4 fully saturated rings. The highest BCUT2D eigenvalue weighted by Gasteiger charge is 2.83. The van der Waals surface area contributed by atoms with Crippen LogP contribution in [-0.2, 0) is 18.9 Å². The lowest BCUT2D eigenvalue weighted by Crippen LogP contribution is -2.67. The SMILES string of the molecule is CO[C@@H](C=C(C)C)C[C@H](C)C1CC[C@]2(C)C3C=C[C@]45O[C@@](OC)([C@@H](C)C[C@H](C=C(C)C)OC)C3(CC[C@@]12C)C4CC[C@H](O)C5(C)C. The number of aliphatic hydroxyl groups is 1. The summed E-state index contributed by atoms with van der Waals surface area (Å²) in [5, 5.41) is 11.5. The molecule has 0 amide bonds. The summed E-state index contributed by atoms with van der Waals surface area (Å²) in [6, 6.07) is 0. The first-order chi connectivity index (χ1) is 21.5. The number of rotatable bonds is 11. The normalized spacial score (nSPS) is 44.7. The Balaban J connectivity index is 1.62. The second-order valence-corrected chi connectivity index (χ2v) is 17.9. The molecule has 0 aromatic carbocycles. The second-order valence-electron chi connectivity index (χ2n) is 17.9. The Morgan fingerprint density at radius 1 is 0.848 bits per heavy atom. The molecule has 262 valence electrons. The molecular weight excluding hydrogens is 572 g/mol. The maximum Gasteiger partial charge on any atom is 0.178 e. The predicted molar refractivity (Wildman–Crippen MR) is 187 cm³/mol. The lowest BCUT2D eigenvalue weighted by molar-refractivity contribution is -0.327. The summed E-state index contributed by atoms with van der Waals surface area (Å²) in [6.07, 6.45) is 17.7. The van der Waals surface area contributed by atoms with E-state index in [0.29, 0.717) is 17.8 Å². The van der Waals surface area contributed by atoms with Gasteiger partial charge in [0.05, 0.1) is 18.3 Å². The molecule has 0 aromatic rings. The topological polar surface area (TPSA) is 57.2 Å². The molecule has 46 heavy (non-hydrogen) atoms. The minimum Gasteiger partial charge on any atom is -0.392 e. The first-order valence-corrected chi connectivity index (χ1v) is 18.4. The Morgan fingerprint density at radius 2 is 1.46 bits per heavy atom. The molecular formula is C41H68O5. The Labute approximate surface area is 281 Å². The quantitative estimate of drug-likeness (QED) is 0.228. The minimum absolute atomic E-state index is 0.00675. The number of fused-ring (bicyclic) bond motifs is 2. The van der Waals surface area contributed by atoms with E-state index < -0.39 is 22.9 Å². The molecule has 1 saturated heterocycles. The molecule has 5 rings (SSSR count). The molecule has 1 spiro atoms. The van der Waals surface area contributed by atoms with E-state index in [0.717, 1.165) is 32.1 Å². The Bertz CT molecular complexity index is 1210. The summed E-state index contributed by atoms with van der Waals surface area (Å²) >= 11 is 0. The van der Waals surface area contributed by atoms with Crippen LogP contribution in [0.2, 0.25) is 0 Å². The molecule has 1 aliphatic heterocycles. The fourth-order valence-corrected chi connectivity index (χ4v) is 12.6. The zero-order valence-electron chi connectivity index (χ0n) is 31.7. The van der Waals surface area contributed by atoms with E-state index in [1.165, 1.54) is 30.4 Å². The van der Waals surface area contributed by atoms with E-state index in [1.807, 2.05) is 21.3 Å². The zero-order valence-corrected chi connectivity index (χ0v) is 31.7. The highest BCUT2D eigenvalue weighted by molar-refractivity contribution is 5.37. The molecule has 13 atom stereocenters. The summed E-state index contributed by atoms with van der Waals surface area (Å²) in [5.74, 6) is 1.10. The van der Waals surface area contributed by atoms with E-state index >= 15 is 0 Å². The van der Waals surface area contributed by atoms with Gasteiger partial charge >= 0.3 is 0 Å². The van der Waals surface area contributed by atoms with Gasteiger partial charge in [-0.05, 0) is 108 Å². The van der Waals surface area contributed by atoms with Gasteiger partial charge in [0.2, 0.25) is 0 Å². The van der Waals surface area contributed by atoms with Gasteiger partial charge in [-0.2, -0.15) is 0 Å². The van der Waals surface area contributed by atoms with Gasteiger partial charge in [0, 0.05) is 44.0 Å². The van der Waals surface area contributed by atoms with Crippen molar-refractivity contribution in [1.29, 1.82) is 0 Å². The van der Waals surface area contributed by atoms with Crippen molar-refractivity contribution in [2.75, 3.05) is 21.3 Å². The molecule has 1 heterocycles. The van der Waals surface area contributed by atoms with Crippen molar-refractivity contribution in [3.63, 3.8) is 0 Å². The van der Waals surface area contributed by atoms with Gasteiger partial charge in [-0.1, -0.05) is 77.0 Å². The van der Waals surface area contributed by atoms with Gasteiger partial charge in [-0.25, -0.2) is 0 Å². The number of hydrogen-bond donors (Lipinski definition) is 1. The predicted octanol–water partition coefficient (Wildman–Crippen LogP) is 9.30. The highest BCUT2D eigenvalue weighted by atomic mass is 16.7. The lowest BCUT2D eigenvalue weighted by Gasteiger charge is -2.67. The summed E-state index contributed by atoms with van der Waals surface area (Å²) in [7, 11) is 5.59. The monoisotopic (exact) mass is 641 g/mol. The largest absolute Gasteiger partial charge is 0.392 e. The first kappa shape index (κ1) is 36.3. The van der Waals surface area contributed by atoms with Gasteiger partial charge in [-0.15, -0.1) is 0 Å². The number of methoxy groups -OCH3 is 3.